The van der Waals surface area contributed by atoms with Gasteiger partial charge in [-0.1, -0.05) is 69.4 Å². The average Bonchev–Trinajstić information content (AvgIpc) is 2.46. The summed E-state index contributed by atoms with van der Waals surface area (Å²) >= 11 is 0. The van der Waals surface area contributed by atoms with Crippen molar-refractivity contribution in [1.82, 2.24) is 0 Å². The third-order valence-corrected chi connectivity index (χ3v) is 3.62. The van der Waals surface area contributed by atoms with Crippen LogP contribution in [0.2, 0.25) is 0 Å². The topological polar surface area (TPSA) is 17.1 Å². The van der Waals surface area contributed by atoms with Crippen LogP contribution < -0.4 is 0 Å². The van der Waals surface area contributed by atoms with Gasteiger partial charge in [0, 0.05) is 5.56 Å². The zero-order valence-corrected chi connectivity index (χ0v) is 15.2. The molecule has 0 N–H and O–H groups in total. The number of rotatable bonds is 3. The van der Waals surface area contributed by atoms with Gasteiger partial charge in [0.05, 0.1) is 0 Å². The quantitative estimate of drug-likeness (QED) is 0.466. The molecule has 0 saturated carbocycles. The van der Waals surface area contributed by atoms with E-state index >= 15 is 0 Å². The third kappa shape index (κ3) is 6.71. The van der Waals surface area contributed by atoms with Gasteiger partial charge in [0.25, 0.3) is 0 Å². The minimum atomic E-state index is 0.229. The fourth-order valence-electron chi connectivity index (χ4n) is 1.67. The summed E-state index contributed by atoms with van der Waals surface area (Å²) in [5.74, 6) is 0. The van der Waals surface area contributed by atoms with Crippen molar-refractivity contribution in [1.29, 1.82) is 0 Å². The van der Waals surface area contributed by atoms with E-state index in [4.69, 9.17) is 0 Å². The van der Waals surface area contributed by atoms with E-state index < -0.39 is 0 Å². The number of benzene rings is 1. The number of carbonyl (C=O) groups is 1. The Kier molecular flexibility index (Phi) is 8.40. The predicted molar refractivity (Wildman–Crippen MR) is 99.3 cm³/mol. The summed E-state index contributed by atoms with van der Waals surface area (Å²) in [7, 11) is 0. The molecule has 1 aromatic carbocycles. The lowest BCUT2D eigenvalue weighted by molar-refractivity contribution is 0.112. The number of hydrogen-bond donors (Lipinski definition) is 0. The first-order chi connectivity index (χ1) is 10.2. The van der Waals surface area contributed by atoms with E-state index in [1.165, 1.54) is 16.7 Å². The number of carbonyl (C=O) groups excluding carboxylic acids is 1. The summed E-state index contributed by atoms with van der Waals surface area (Å²) in [5.41, 5.74) is 5.64. The monoisotopic (exact) mass is 298 g/mol. The van der Waals surface area contributed by atoms with Gasteiger partial charge >= 0.3 is 0 Å². The predicted octanol–water partition coefficient (Wildman–Crippen LogP) is 6.40. The number of aryl methyl sites for hydroxylation is 1. The van der Waals surface area contributed by atoms with Gasteiger partial charge in [-0.15, -0.1) is 0 Å². The summed E-state index contributed by atoms with van der Waals surface area (Å²) in [5, 5.41) is 0. The molecule has 120 valence electrons. The second-order valence-electron chi connectivity index (χ2n) is 6.44. The maximum Gasteiger partial charge on any atom is 0.150 e. The summed E-state index contributed by atoms with van der Waals surface area (Å²) in [6, 6.07) is 5.88. The summed E-state index contributed by atoms with van der Waals surface area (Å²) < 4.78 is 0. The molecule has 0 heterocycles. The average molecular weight is 298 g/mol. The largest absolute Gasteiger partial charge is 0.298 e. The van der Waals surface area contributed by atoms with Gasteiger partial charge in [-0.2, -0.15) is 0 Å². The van der Waals surface area contributed by atoms with Gasteiger partial charge in [0.2, 0.25) is 0 Å². The molecule has 0 atom stereocenters. The first-order valence-electron chi connectivity index (χ1n) is 7.68. The van der Waals surface area contributed by atoms with Crippen molar-refractivity contribution in [2.75, 3.05) is 0 Å². The van der Waals surface area contributed by atoms with Crippen LogP contribution in [0, 0.1) is 12.3 Å². The van der Waals surface area contributed by atoms with Crippen LogP contribution in [0.3, 0.4) is 0 Å². The first kappa shape index (κ1) is 20.1. The zero-order valence-electron chi connectivity index (χ0n) is 15.2. The van der Waals surface area contributed by atoms with Crippen LogP contribution in [-0.2, 0) is 0 Å². The first-order valence-corrected chi connectivity index (χ1v) is 7.68. The Hall–Kier alpha value is -1.89. The Morgan fingerprint density at radius 1 is 1.18 bits per heavy atom. The molecule has 22 heavy (non-hydrogen) atoms. The Balaban J connectivity index is 0.000000433. The Morgan fingerprint density at radius 2 is 1.77 bits per heavy atom. The molecule has 0 fully saturated rings. The van der Waals surface area contributed by atoms with Crippen LogP contribution in [0.25, 0.3) is 5.57 Å². The van der Waals surface area contributed by atoms with Crippen molar-refractivity contribution in [3.8, 4) is 0 Å². The second-order valence-corrected chi connectivity index (χ2v) is 6.44. The van der Waals surface area contributed by atoms with E-state index in [9.17, 15) is 4.79 Å². The molecule has 1 aromatic rings. The van der Waals surface area contributed by atoms with E-state index in [2.05, 4.69) is 46.4 Å². The number of allylic oxidation sites excluding steroid dienone is 5. The lowest BCUT2D eigenvalue weighted by Gasteiger charge is -2.18. The molecule has 0 amide bonds. The Labute approximate surface area is 136 Å². The van der Waals surface area contributed by atoms with Crippen molar-refractivity contribution in [3.63, 3.8) is 0 Å². The Bertz CT molecular complexity index is 566. The molecule has 0 aliphatic heterocycles. The van der Waals surface area contributed by atoms with Crippen LogP contribution in [0.1, 0.15) is 63.0 Å². The molecule has 0 unspecified atom stereocenters. The van der Waals surface area contributed by atoms with Gasteiger partial charge < -0.3 is 0 Å². The molecular formula is C21H30O. The van der Waals surface area contributed by atoms with E-state index in [0.717, 1.165) is 17.4 Å². The van der Waals surface area contributed by atoms with E-state index in [0.29, 0.717) is 0 Å². The van der Waals surface area contributed by atoms with Crippen molar-refractivity contribution in [3.05, 3.63) is 65.3 Å². The molecule has 1 heteroatoms. The molecule has 0 bridgehead atoms. The minimum Gasteiger partial charge on any atom is -0.298 e. The standard InChI is InChI=1S/C12H14O.C9H16/c1-4-9(2)11-5-6-12(8-13)10(3)7-11;1-6-7-8(2)9(3,4)5/h4-8H,1-3H3;6-7H,2H2,1,3-5H3/b9-4-;7-6-. The van der Waals surface area contributed by atoms with Gasteiger partial charge in [-0.3, -0.25) is 4.79 Å². The lowest BCUT2D eigenvalue weighted by atomic mass is 9.87. The molecule has 1 rings (SSSR count). The Morgan fingerprint density at radius 3 is 2.09 bits per heavy atom. The van der Waals surface area contributed by atoms with Crippen LogP contribution in [0.4, 0.5) is 0 Å². The number of hydrogen-bond acceptors (Lipinski definition) is 1. The zero-order chi connectivity index (χ0) is 17.3. The summed E-state index contributed by atoms with van der Waals surface area (Å²) in [4.78, 5) is 10.6. The van der Waals surface area contributed by atoms with Gasteiger partial charge in [0.15, 0.2) is 0 Å². The molecule has 0 aromatic heterocycles. The lowest BCUT2D eigenvalue weighted by Crippen LogP contribution is -2.05. The van der Waals surface area contributed by atoms with Crippen LogP contribution >= 0.6 is 0 Å². The van der Waals surface area contributed by atoms with Gasteiger partial charge in [0.1, 0.15) is 6.29 Å². The third-order valence-electron chi connectivity index (χ3n) is 3.62. The summed E-state index contributed by atoms with van der Waals surface area (Å²) in [6.45, 7) is 18.5. The fraction of sp³-hybridized carbons (Fsp3) is 0.381. The van der Waals surface area contributed by atoms with Gasteiger partial charge in [-0.05, 0) is 49.8 Å². The van der Waals surface area contributed by atoms with Crippen molar-refractivity contribution >= 4 is 11.9 Å². The highest BCUT2D eigenvalue weighted by Crippen LogP contribution is 2.23. The maximum absolute atomic E-state index is 10.6. The maximum atomic E-state index is 10.6. The molecular weight excluding hydrogens is 268 g/mol. The highest BCUT2D eigenvalue weighted by molar-refractivity contribution is 5.78. The van der Waals surface area contributed by atoms with E-state index in [-0.39, 0.29) is 5.41 Å². The van der Waals surface area contributed by atoms with Crippen LogP contribution in [-0.4, -0.2) is 6.29 Å². The van der Waals surface area contributed by atoms with E-state index in [1.54, 1.807) is 0 Å². The van der Waals surface area contributed by atoms with Gasteiger partial charge in [-0.25, -0.2) is 0 Å². The SMILES string of the molecule is C/C=C(/C)c1ccc(C=O)c(C)c1.C=C(/C=C\C)C(C)(C)C. The highest BCUT2D eigenvalue weighted by atomic mass is 16.1. The van der Waals surface area contributed by atoms with Crippen LogP contribution in [0.15, 0.2) is 48.6 Å². The molecule has 0 spiro atoms. The second kappa shape index (κ2) is 9.19. The smallest absolute Gasteiger partial charge is 0.150 e. The number of aldehydes is 1. The normalized spacial score (nSPS) is 11.9. The summed E-state index contributed by atoms with van der Waals surface area (Å²) in [6.07, 6.45) is 7.03. The molecule has 0 saturated heterocycles. The van der Waals surface area contributed by atoms with Crippen molar-refractivity contribution < 1.29 is 4.79 Å². The highest BCUT2D eigenvalue weighted by Gasteiger charge is 2.10. The fourth-order valence-corrected chi connectivity index (χ4v) is 1.67. The molecule has 0 aliphatic rings. The van der Waals surface area contributed by atoms with Crippen molar-refractivity contribution in [2.24, 2.45) is 5.41 Å². The van der Waals surface area contributed by atoms with Crippen LogP contribution in [0.5, 0.6) is 0 Å². The molecule has 1 nitrogen and oxygen atoms in total. The minimum absolute atomic E-state index is 0.229. The molecule has 0 aliphatic carbocycles. The molecule has 0 radical (unpaired) electrons. The van der Waals surface area contributed by atoms with Crippen molar-refractivity contribution in [2.45, 2.75) is 48.5 Å². The van der Waals surface area contributed by atoms with E-state index in [1.807, 2.05) is 45.0 Å².